The van der Waals surface area contributed by atoms with Crippen LogP contribution in [0.15, 0.2) is 22.7 Å². The van der Waals surface area contributed by atoms with Crippen LogP contribution in [0.1, 0.15) is 19.4 Å². The number of hydrogen-bond acceptors (Lipinski definition) is 2. The van der Waals surface area contributed by atoms with Crippen LogP contribution >= 0.6 is 15.9 Å². The quantitative estimate of drug-likeness (QED) is 0.874. The van der Waals surface area contributed by atoms with E-state index < -0.39 is 0 Å². The van der Waals surface area contributed by atoms with Crippen molar-refractivity contribution in [3.63, 3.8) is 0 Å². The molecule has 0 spiro atoms. The van der Waals surface area contributed by atoms with Crippen LogP contribution in [0.3, 0.4) is 0 Å². The molecule has 0 saturated carbocycles. The lowest BCUT2D eigenvalue weighted by Gasteiger charge is -2.20. The van der Waals surface area contributed by atoms with Gasteiger partial charge in [0.05, 0.1) is 0 Å². The molecular formula is C12H18BrFN2. The van der Waals surface area contributed by atoms with E-state index in [1.54, 1.807) is 6.07 Å². The van der Waals surface area contributed by atoms with Gasteiger partial charge < -0.3 is 11.1 Å². The highest BCUT2D eigenvalue weighted by molar-refractivity contribution is 9.10. The second-order valence-electron chi connectivity index (χ2n) is 4.20. The van der Waals surface area contributed by atoms with E-state index in [4.69, 9.17) is 5.73 Å². The van der Waals surface area contributed by atoms with Gasteiger partial charge in [-0.25, -0.2) is 4.39 Å². The summed E-state index contributed by atoms with van der Waals surface area (Å²) in [5.74, 6) is 0.263. The Balaban J connectivity index is 2.60. The Kier molecular flexibility index (Phi) is 5.38. The van der Waals surface area contributed by atoms with Crippen molar-refractivity contribution in [2.24, 2.45) is 11.7 Å². The minimum absolute atomic E-state index is 0.227. The molecule has 0 aliphatic carbocycles. The second kappa shape index (κ2) is 6.33. The molecule has 1 aromatic carbocycles. The first-order chi connectivity index (χ1) is 7.54. The fourth-order valence-corrected chi connectivity index (χ4v) is 1.99. The van der Waals surface area contributed by atoms with Crippen molar-refractivity contribution in [3.8, 4) is 0 Å². The van der Waals surface area contributed by atoms with Gasteiger partial charge in [0.25, 0.3) is 0 Å². The van der Waals surface area contributed by atoms with Crippen LogP contribution < -0.4 is 11.1 Å². The molecule has 0 fully saturated rings. The summed E-state index contributed by atoms with van der Waals surface area (Å²) >= 11 is 3.34. The highest BCUT2D eigenvalue weighted by atomic mass is 79.9. The Hall–Kier alpha value is -0.450. The third kappa shape index (κ3) is 3.85. The fourth-order valence-electron chi connectivity index (χ4n) is 1.50. The van der Waals surface area contributed by atoms with Crippen molar-refractivity contribution in [3.05, 3.63) is 34.1 Å². The molecule has 90 valence electrons. The molecule has 1 aromatic rings. The zero-order chi connectivity index (χ0) is 12.1. The van der Waals surface area contributed by atoms with Gasteiger partial charge in [-0.3, -0.25) is 0 Å². The normalized spacial score (nSPS) is 13.1. The lowest BCUT2D eigenvalue weighted by molar-refractivity contribution is 0.404. The molecule has 1 unspecified atom stereocenters. The molecule has 16 heavy (non-hydrogen) atoms. The van der Waals surface area contributed by atoms with Crippen molar-refractivity contribution in [1.82, 2.24) is 5.32 Å². The van der Waals surface area contributed by atoms with Crippen molar-refractivity contribution < 1.29 is 4.39 Å². The SMILES string of the molecule is CC(C)C(CN)NCc1ccc(F)cc1Br. The monoisotopic (exact) mass is 288 g/mol. The third-order valence-electron chi connectivity index (χ3n) is 2.63. The first-order valence-corrected chi connectivity index (χ1v) is 6.21. The van der Waals surface area contributed by atoms with E-state index in [-0.39, 0.29) is 11.9 Å². The number of rotatable bonds is 5. The molecule has 1 rings (SSSR count). The van der Waals surface area contributed by atoms with Gasteiger partial charge in [-0.2, -0.15) is 0 Å². The molecule has 0 aliphatic heterocycles. The molecule has 3 N–H and O–H groups in total. The van der Waals surface area contributed by atoms with E-state index in [1.165, 1.54) is 12.1 Å². The molecule has 0 saturated heterocycles. The fraction of sp³-hybridized carbons (Fsp3) is 0.500. The Morgan fingerprint density at radius 3 is 2.62 bits per heavy atom. The van der Waals surface area contributed by atoms with Crippen LogP contribution in [0.2, 0.25) is 0 Å². The second-order valence-corrected chi connectivity index (χ2v) is 5.06. The van der Waals surface area contributed by atoms with Crippen LogP contribution in [0.4, 0.5) is 4.39 Å². The van der Waals surface area contributed by atoms with E-state index in [9.17, 15) is 4.39 Å². The maximum absolute atomic E-state index is 12.9. The Labute approximate surface area is 105 Å². The van der Waals surface area contributed by atoms with Gasteiger partial charge in [-0.05, 0) is 23.6 Å². The minimum atomic E-state index is -0.227. The Morgan fingerprint density at radius 1 is 1.44 bits per heavy atom. The van der Waals surface area contributed by atoms with Gasteiger partial charge in [-0.15, -0.1) is 0 Å². The molecule has 0 heterocycles. The van der Waals surface area contributed by atoms with Crippen LogP contribution in [0, 0.1) is 11.7 Å². The lowest BCUT2D eigenvalue weighted by Crippen LogP contribution is -2.39. The molecule has 0 aliphatic rings. The lowest BCUT2D eigenvalue weighted by atomic mass is 10.0. The molecule has 0 amide bonds. The first-order valence-electron chi connectivity index (χ1n) is 5.42. The van der Waals surface area contributed by atoms with Crippen molar-refractivity contribution in [2.75, 3.05) is 6.54 Å². The molecule has 1 atom stereocenters. The number of nitrogens with one attached hydrogen (secondary N) is 1. The standard InChI is InChI=1S/C12H18BrFN2/c1-8(2)12(6-15)16-7-9-3-4-10(14)5-11(9)13/h3-5,8,12,16H,6-7,15H2,1-2H3. The highest BCUT2D eigenvalue weighted by Gasteiger charge is 2.11. The van der Waals surface area contributed by atoms with Crippen LogP contribution in [0.25, 0.3) is 0 Å². The average Bonchev–Trinajstić information content (AvgIpc) is 2.21. The van der Waals surface area contributed by atoms with Gasteiger partial charge in [0.15, 0.2) is 0 Å². The molecule has 0 bridgehead atoms. The zero-order valence-corrected chi connectivity index (χ0v) is 11.2. The molecule has 0 aromatic heterocycles. The zero-order valence-electron chi connectivity index (χ0n) is 9.63. The highest BCUT2D eigenvalue weighted by Crippen LogP contribution is 2.18. The predicted octanol–water partition coefficient (Wildman–Crippen LogP) is 2.66. The van der Waals surface area contributed by atoms with E-state index in [1.807, 2.05) is 0 Å². The van der Waals surface area contributed by atoms with Crippen molar-refractivity contribution in [2.45, 2.75) is 26.4 Å². The van der Waals surface area contributed by atoms with E-state index in [0.717, 1.165) is 10.0 Å². The van der Waals surface area contributed by atoms with E-state index >= 15 is 0 Å². The van der Waals surface area contributed by atoms with Crippen molar-refractivity contribution in [1.29, 1.82) is 0 Å². The molecule has 2 nitrogen and oxygen atoms in total. The van der Waals surface area contributed by atoms with Crippen LogP contribution in [0.5, 0.6) is 0 Å². The van der Waals surface area contributed by atoms with Crippen molar-refractivity contribution >= 4 is 15.9 Å². The number of nitrogens with two attached hydrogens (primary N) is 1. The van der Waals surface area contributed by atoms with Gasteiger partial charge >= 0.3 is 0 Å². The predicted molar refractivity (Wildman–Crippen MR) is 68.6 cm³/mol. The molecule has 4 heteroatoms. The van der Waals surface area contributed by atoms with Crippen LogP contribution in [-0.2, 0) is 6.54 Å². The van der Waals surface area contributed by atoms with Gasteiger partial charge in [0.2, 0.25) is 0 Å². The van der Waals surface area contributed by atoms with Crippen LogP contribution in [-0.4, -0.2) is 12.6 Å². The Bertz CT molecular complexity index is 342. The van der Waals surface area contributed by atoms with Gasteiger partial charge in [-0.1, -0.05) is 35.8 Å². The minimum Gasteiger partial charge on any atom is -0.329 e. The maximum Gasteiger partial charge on any atom is 0.124 e. The summed E-state index contributed by atoms with van der Waals surface area (Å²) in [6, 6.07) is 5.01. The summed E-state index contributed by atoms with van der Waals surface area (Å²) < 4.78 is 13.7. The largest absolute Gasteiger partial charge is 0.329 e. The number of hydrogen-bond donors (Lipinski definition) is 2. The summed E-state index contributed by atoms with van der Waals surface area (Å²) in [7, 11) is 0. The van der Waals surface area contributed by atoms with E-state index in [2.05, 4.69) is 35.1 Å². The number of benzene rings is 1. The Morgan fingerprint density at radius 2 is 2.12 bits per heavy atom. The smallest absolute Gasteiger partial charge is 0.124 e. The van der Waals surface area contributed by atoms with Gasteiger partial charge in [0.1, 0.15) is 5.82 Å². The summed E-state index contributed by atoms with van der Waals surface area (Å²) in [5.41, 5.74) is 6.71. The molecule has 0 radical (unpaired) electrons. The maximum atomic E-state index is 12.9. The third-order valence-corrected chi connectivity index (χ3v) is 3.37. The molecular weight excluding hydrogens is 271 g/mol. The van der Waals surface area contributed by atoms with Gasteiger partial charge in [0, 0.05) is 23.6 Å². The average molecular weight is 289 g/mol. The summed E-state index contributed by atoms with van der Waals surface area (Å²) in [6.07, 6.45) is 0. The number of halogens is 2. The topological polar surface area (TPSA) is 38.0 Å². The summed E-state index contributed by atoms with van der Waals surface area (Å²) in [5, 5.41) is 3.37. The summed E-state index contributed by atoms with van der Waals surface area (Å²) in [4.78, 5) is 0. The summed E-state index contributed by atoms with van der Waals surface area (Å²) in [6.45, 7) is 5.56. The first kappa shape index (κ1) is 13.6. The van der Waals surface area contributed by atoms with E-state index in [0.29, 0.717) is 19.0 Å².